The lowest BCUT2D eigenvalue weighted by Crippen LogP contribution is -2.37. The zero-order chi connectivity index (χ0) is 11.7. The van der Waals surface area contributed by atoms with Crippen LogP contribution in [0, 0.1) is 4.77 Å². The van der Waals surface area contributed by atoms with Gasteiger partial charge in [-0.3, -0.25) is 14.5 Å². The van der Waals surface area contributed by atoms with Gasteiger partial charge < -0.3 is 4.90 Å². The molecule has 6 nitrogen and oxygen atoms in total. The van der Waals surface area contributed by atoms with E-state index in [0.29, 0.717) is 0 Å². The predicted octanol–water partition coefficient (Wildman–Crippen LogP) is 0.417. The number of hydrogen-bond donors (Lipinski definition) is 2. The average Bonchev–Trinajstić information content (AvgIpc) is 2.87. The predicted molar refractivity (Wildman–Crippen MR) is 60.8 cm³/mol. The summed E-state index contributed by atoms with van der Waals surface area (Å²) in [4.78, 5) is 25.3. The molecule has 88 valence electrons. The molecule has 1 amide bonds. The maximum Gasteiger partial charge on any atom is 0.343 e. The van der Waals surface area contributed by atoms with Gasteiger partial charge in [0.25, 0.3) is 0 Å². The number of aromatic nitrogens is 3. The number of rotatable bonds is 2. The van der Waals surface area contributed by atoms with Crippen LogP contribution in [-0.2, 0) is 4.79 Å². The maximum absolute atomic E-state index is 12.0. The molecule has 0 radical (unpaired) electrons. The Balaban J connectivity index is 2.25. The first-order chi connectivity index (χ1) is 7.61. The molecule has 7 heteroatoms. The summed E-state index contributed by atoms with van der Waals surface area (Å²) >= 11 is 4.95. The molecule has 1 saturated heterocycles. The second kappa shape index (κ2) is 4.25. The fourth-order valence-electron chi connectivity index (χ4n) is 1.98. The van der Waals surface area contributed by atoms with Gasteiger partial charge in [0.05, 0.1) is 0 Å². The molecular weight excluding hydrogens is 228 g/mol. The van der Waals surface area contributed by atoms with Gasteiger partial charge in [0, 0.05) is 13.1 Å². The summed E-state index contributed by atoms with van der Waals surface area (Å²) in [6.45, 7) is 3.25. The van der Waals surface area contributed by atoms with Crippen molar-refractivity contribution in [2.45, 2.75) is 25.8 Å². The number of carbonyl (C=O) groups excluding carboxylic acids is 1. The molecular formula is C9H14N4O2S. The summed E-state index contributed by atoms with van der Waals surface area (Å²) in [6, 6.07) is -0.541. The minimum absolute atomic E-state index is 0.0429. The van der Waals surface area contributed by atoms with Crippen LogP contribution in [0.25, 0.3) is 0 Å². The fourth-order valence-corrected chi connectivity index (χ4v) is 2.28. The van der Waals surface area contributed by atoms with Gasteiger partial charge in [0.1, 0.15) is 6.04 Å². The lowest BCUT2D eigenvalue weighted by molar-refractivity contribution is -0.133. The lowest BCUT2D eigenvalue weighted by Gasteiger charge is -2.20. The summed E-state index contributed by atoms with van der Waals surface area (Å²) in [5.41, 5.74) is -0.370. The van der Waals surface area contributed by atoms with E-state index in [1.165, 1.54) is 4.57 Å². The highest BCUT2D eigenvalue weighted by molar-refractivity contribution is 7.71. The van der Waals surface area contributed by atoms with E-state index < -0.39 is 6.04 Å². The number of carbonyl (C=O) groups is 1. The molecule has 1 aromatic heterocycles. The Labute approximate surface area is 97.2 Å². The van der Waals surface area contributed by atoms with Crippen LogP contribution in [0.3, 0.4) is 0 Å². The van der Waals surface area contributed by atoms with Gasteiger partial charge in [-0.15, -0.1) is 0 Å². The van der Waals surface area contributed by atoms with E-state index in [1.54, 1.807) is 11.8 Å². The summed E-state index contributed by atoms with van der Waals surface area (Å²) in [5, 5.41) is 4.90. The molecule has 2 rings (SSSR count). The van der Waals surface area contributed by atoms with Crippen LogP contribution in [0.15, 0.2) is 4.79 Å². The summed E-state index contributed by atoms with van der Waals surface area (Å²) < 4.78 is 1.53. The Bertz CT molecular complexity index is 467. The SMILES string of the molecule is CC(C(=O)N1CCCC1)n1c(=O)[nH][nH]c1=S. The van der Waals surface area contributed by atoms with Crippen LogP contribution in [0.4, 0.5) is 0 Å². The molecule has 0 saturated carbocycles. The van der Waals surface area contributed by atoms with Gasteiger partial charge in [0.2, 0.25) is 5.91 Å². The largest absolute Gasteiger partial charge is 0.343 e. The van der Waals surface area contributed by atoms with E-state index in [1.807, 2.05) is 0 Å². The molecule has 0 spiro atoms. The topological polar surface area (TPSA) is 73.9 Å². The number of H-pyrrole nitrogens is 2. The van der Waals surface area contributed by atoms with Crippen LogP contribution in [-0.4, -0.2) is 38.7 Å². The molecule has 0 bridgehead atoms. The Kier molecular flexibility index (Phi) is 2.95. The van der Waals surface area contributed by atoms with Crippen molar-refractivity contribution in [3.63, 3.8) is 0 Å². The number of hydrogen-bond acceptors (Lipinski definition) is 3. The highest BCUT2D eigenvalue weighted by atomic mass is 32.1. The zero-order valence-corrected chi connectivity index (χ0v) is 9.84. The molecule has 0 aliphatic carbocycles. The van der Waals surface area contributed by atoms with Crippen molar-refractivity contribution < 1.29 is 4.79 Å². The number of amides is 1. The Hall–Kier alpha value is -1.37. The van der Waals surface area contributed by atoms with Gasteiger partial charge in [-0.25, -0.2) is 9.89 Å². The molecule has 1 aliphatic heterocycles. The normalized spacial score (nSPS) is 17.7. The van der Waals surface area contributed by atoms with Gasteiger partial charge in [-0.1, -0.05) is 0 Å². The van der Waals surface area contributed by atoms with Crippen LogP contribution in [0.1, 0.15) is 25.8 Å². The molecule has 1 unspecified atom stereocenters. The second-order valence-electron chi connectivity index (χ2n) is 3.94. The van der Waals surface area contributed by atoms with E-state index in [4.69, 9.17) is 12.2 Å². The molecule has 16 heavy (non-hydrogen) atoms. The quantitative estimate of drug-likeness (QED) is 0.738. The summed E-state index contributed by atoms with van der Waals surface area (Å²) in [6.07, 6.45) is 2.07. The monoisotopic (exact) mass is 242 g/mol. The zero-order valence-electron chi connectivity index (χ0n) is 9.02. The third-order valence-corrected chi connectivity index (χ3v) is 3.18. The van der Waals surface area contributed by atoms with Crippen molar-refractivity contribution >= 4 is 18.1 Å². The molecule has 2 heterocycles. The van der Waals surface area contributed by atoms with E-state index in [9.17, 15) is 9.59 Å². The molecule has 1 atom stereocenters. The van der Waals surface area contributed by atoms with Gasteiger partial charge in [-0.05, 0) is 32.0 Å². The van der Waals surface area contributed by atoms with Crippen LogP contribution < -0.4 is 5.69 Å². The van der Waals surface area contributed by atoms with Crippen molar-refractivity contribution in [2.24, 2.45) is 0 Å². The van der Waals surface area contributed by atoms with E-state index in [-0.39, 0.29) is 16.4 Å². The Morgan fingerprint density at radius 1 is 1.38 bits per heavy atom. The van der Waals surface area contributed by atoms with Gasteiger partial charge in [0.15, 0.2) is 4.77 Å². The van der Waals surface area contributed by atoms with Crippen molar-refractivity contribution in [1.29, 1.82) is 0 Å². The maximum atomic E-state index is 12.0. The number of aromatic amines is 2. The number of nitrogens with one attached hydrogen (secondary N) is 2. The molecule has 2 N–H and O–H groups in total. The summed E-state index contributed by atoms with van der Waals surface area (Å²) in [5.74, 6) is -0.0429. The van der Waals surface area contributed by atoms with Crippen molar-refractivity contribution in [1.82, 2.24) is 19.7 Å². The fraction of sp³-hybridized carbons (Fsp3) is 0.667. The van der Waals surface area contributed by atoms with Crippen LogP contribution in [0.5, 0.6) is 0 Å². The minimum Gasteiger partial charge on any atom is -0.341 e. The highest BCUT2D eigenvalue weighted by Gasteiger charge is 2.25. The van der Waals surface area contributed by atoms with Gasteiger partial charge in [-0.2, -0.15) is 0 Å². The Morgan fingerprint density at radius 3 is 2.50 bits per heavy atom. The standard InChI is InChI=1S/C9H14N4O2S/c1-6(7(14)12-4-2-3-5-12)13-8(15)10-11-9(13)16/h6H,2-5H2,1H3,(H,10,15)(H,11,16). The van der Waals surface area contributed by atoms with E-state index in [0.717, 1.165) is 25.9 Å². The smallest absolute Gasteiger partial charge is 0.341 e. The van der Waals surface area contributed by atoms with Crippen molar-refractivity contribution in [3.8, 4) is 0 Å². The van der Waals surface area contributed by atoms with Gasteiger partial charge >= 0.3 is 5.69 Å². The second-order valence-corrected chi connectivity index (χ2v) is 4.33. The average molecular weight is 242 g/mol. The van der Waals surface area contributed by atoms with E-state index >= 15 is 0 Å². The van der Waals surface area contributed by atoms with Crippen LogP contribution >= 0.6 is 12.2 Å². The van der Waals surface area contributed by atoms with Crippen molar-refractivity contribution in [2.75, 3.05) is 13.1 Å². The third-order valence-electron chi connectivity index (χ3n) is 2.88. The lowest BCUT2D eigenvalue weighted by atomic mass is 10.3. The van der Waals surface area contributed by atoms with Crippen molar-refractivity contribution in [3.05, 3.63) is 15.3 Å². The minimum atomic E-state index is -0.541. The summed E-state index contributed by atoms with van der Waals surface area (Å²) in [7, 11) is 0. The highest BCUT2D eigenvalue weighted by Crippen LogP contribution is 2.14. The number of nitrogens with zero attached hydrogens (tertiary/aromatic N) is 2. The first-order valence-corrected chi connectivity index (χ1v) is 5.70. The first-order valence-electron chi connectivity index (χ1n) is 5.29. The third kappa shape index (κ3) is 1.82. The van der Waals surface area contributed by atoms with Crippen LogP contribution in [0.2, 0.25) is 0 Å². The molecule has 1 fully saturated rings. The first kappa shape index (κ1) is 11.1. The number of likely N-dealkylation sites (tertiary alicyclic amines) is 1. The Morgan fingerprint density at radius 2 is 2.00 bits per heavy atom. The molecule has 1 aliphatic rings. The molecule has 1 aromatic rings. The van der Waals surface area contributed by atoms with E-state index in [2.05, 4.69) is 10.2 Å². The molecule has 0 aromatic carbocycles.